The lowest BCUT2D eigenvalue weighted by Gasteiger charge is -2.69. The molecule has 7 bridgehead atoms. The van der Waals surface area contributed by atoms with Crippen molar-refractivity contribution in [1.29, 1.82) is 0 Å². The van der Waals surface area contributed by atoms with Gasteiger partial charge in [-0.05, 0) is 25.2 Å². The first kappa shape index (κ1) is 22.6. The van der Waals surface area contributed by atoms with Gasteiger partial charge in [0.25, 0.3) is 0 Å². The monoisotopic (exact) mass is 467 g/mol. The van der Waals surface area contributed by atoms with E-state index in [-0.39, 0.29) is 36.4 Å². The molecule has 186 valence electrons. The summed E-state index contributed by atoms with van der Waals surface area (Å²) >= 11 is 0. The number of rotatable bonds is 6. The zero-order valence-electron chi connectivity index (χ0n) is 19.8. The van der Waals surface area contributed by atoms with Crippen LogP contribution >= 0.6 is 0 Å². The summed E-state index contributed by atoms with van der Waals surface area (Å²) in [6.07, 6.45) is 1.03. The zero-order chi connectivity index (χ0) is 23.6. The van der Waals surface area contributed by atoms with Crippen LogP contribution in [0.5, 0.6) is 0 Å². The van der Waals surface area contributed by atoms with Gasteiger partial charge in [0.2, 0.25) is 6.41 Å². The molecule has 9 nitrogen and oxygen atoms in total. The second-order valence-electron chi connectivity index (χ2n) is 11.6. The van der Waals surface area contributed by atoms with Crippen LogP contribution in [0.25, 0.3) is 0 Å². The molecule has 33 heavy (non-hydrogen) atoms. The van der Waals surface area contributed by atoms with Gasteiger partial charge in [0, 0.05) is 70.0 Å². The highest BCUT2D eigenvalue weighted by atomic mass is 16.5. The van der Waals surface area contributed by atoms with E-state index in [0.29, 0.717) is 19.6 Å². The number of aliphatic hydroxyl groups excluding tert-OH is 1. The summed E-state index contributed by atoms with van der Waals surface area (Å²) in [5.74, 6) is -1.01. The molecule has 1 aliphatic heterocycles. The summed E-state index contributed by atoms with van der Waals surface area (Å²) in [5.41, 5.74) is -4.56. The maximum absolute atomic E-state index is 12.8. The fourth-order valence-corrected chi connectivity index (χ4v) is 10.7. The van der Waals surface area contributed by atoms with Crippen molar-refractivity contribution in [3.8, 4) is 0 Å². The summed E-state index contributed by atoms with van der Waals surface area (Å²) in [6, 6.07) is -0.680. The predicted molar refractivity (Wildman–Crippen MR) is 114 cm³/mol. The smallest absolute Gasteiger partial charge is 0.210 e. The van der Waals surface area contributed by atoms with E-state index in [1.165, 1.54) is 0 Å². The van der Waals surface area contributed by atoms with Crippen molar-refractivity contribution in [3.63, 3.8) is 0 Å². The molecule has 0 aromatic heterocycles. The highest BCUT2D eigenvalue weighted by Gasteiger charge is 2.91. The molecule has 1 unspecified atom stereocenters. The normalized spacial score (nSPS) is 60.2. The van der Waals surface area contributed by atoms with Gasteiger partial charge in [-0.3, -0.25) is 4.79 Å². The minimum absolute atomic E-state index is 0.134. The Morgan fingerprint density at radius 1 is 1.12 bits per heavy atom. The lowest BCUT2D eigenvalue weighted by molar-refractivity contribution is -0.314. The van der Waals surface area contributed by atoms with E-state index >= 15 is 0 Å². The van der Waals surface area contributed by atoms with E-state index in [4.69, 9.17) is 18.9 Å². The van der Waals surface area contributed by atoms with Crippen molar-refractivity contribution in [1.82, 2.24) is 4.90 Å². The fraction of sp³-hybridized carbons (Fsp3) is 0.958. The maximum Gasteiger partial charge on any atom is 0.210 e. The SMILES string of the molecule is COC[C@]12CC[C@H](OC)[C@]34C(N(C=O)C1)[C@](O)([C@@H](OC)[C@H]23)[C@@]1(O)C[C@H](OC)[C@H]2C[C@@H]4[C@@H]1[C@H]2O. The molecule has 5 aliphatic carbocycles. The average Bonchev–Trinajstić information content (AvgIpc) is 3.16. The minimum Gasteiger partial charge on any atom is -0.392 e. The van der Waals surface area contributed by atoms with E-state index < -0.39 is 46.2 Å². The molecule has 0 aromatic carbocycles. The van der Waals surface area contributed by atoms with Gasteiger partial charge in [0.1, 0.15) is 11.2 Å². The standard InChI is InChI=1S/C24H37NO8/c1-30-10-21-6-5-15(32-3)23-13-7-12-14(31-2)8-22(28,16(13)17(12)27)24(29,19(33-4)18(21)23)20(23)25(9-21)11-26/h11-20,27-29H,5-10H2,1-4H3/t12-,13-,14+,15+,16-,17+,18-,19+,20?,21+,22-,23+,24-/m1/s1. The first-order chi connectivity index (χ1) is 15.8. The molecule has 6 fully saturated rings. The molecule has 0 aromatic rings. The van der Waals surface area contributed by atoms with E-state index in [0.717, 1.165) is 19.3 Å². The maximum atomic E-state index is 12.8. The third-order valence-corrected chi connectivity index (χ3v) is 11.2. The van der Waals surface area contributed by atoms with E-state index in [1.807, 2.05) is 0 Å². The van der Waals surface area contributed by atoms with Crippen molar-refractivity contribution < 1.29 is 39.1 Å². The van der Waals surface area contributed by atoms with Crippen molar-refractivity contribution in [2.45, 2.75) is 67.3 Å². The molecular formula is C24H37NO8. The number of ether oxygens (including phenoxy) is 4. The van der Waals surface area contributed by atoms with Gasteiger partial charge in [-0.2, -0.15) is 0 Å². The first-order valence-electron chi connectivity index (χ1n) is 12.2. The Morgan fingerprint density at radius 3 is 2.48 bits per heavy atom. The molecule has 13 atom stereocenters. The summed E-state index contributed by atoms with van der Waals surface area (Å²) in [5, 5.41) is 36.7. The summed E-state index contributed by atoms with van der Waals surface area (Å²) in [7, 11) is 6.53. The number of nitrogens with zero attached hydrogens (tertiary/aromatic N) is 1. The molecule has 1 saturated heterocycles. The van der Waals surface area contributed by atoms with E-state index in [9.17, 15) is 20.1 Å². The molecule has 6 rings (SSSR count). The fourth-order valence-electron chi connectivity index (χ4n) is 10.7. The second-order valence-corrected chi connectivity index (χ2v) is 11.6. The number of fused-ring (bicyclic) bond motifs is 2. The molecule has 5 saturated carbocycles. The van der Waals surface area contributed by atoms with E-state index in [2.05, 4.69) is 0 Å². The molecule has 1 amide bonds. The molecule has 3 N–H and O–H groups in total. The van der Waals surface area contributed by atoms with Gasteiger partial charge in [0.15, 0.2) is 0 Å². The van der Waals surface area contributed by atoms with Crippen LogP contribution in [-0.4, -0.2) is 110 Å². The topological polar surface area (TPSA) is 118 Å². The number of aliphatic hydroxyl groups is 3. The number of likely N-dealkylation sites (tertiary alicyclic amines) is 1. The summed E-state index contributed by atoms with van der Waals surface area (Å²) < 4.78 is 23.8. The third kappa shape index (κ3) is 2.11. The molecule has 9 heteroatoms. The number of carbonyl (C=O) groups excluding carboxylic acids is 1. The number of amides is 1. The van der Waals surface area contributed by atoms with E-state index in [1.54, 1.807) is 33.3 Å². The lowest BCUT2D eigenvalue weighted by atomic mass is 9.42. The Labute approximate surface area is 194 Å². The minimum atomic E-state index is -1.78. The molecule has 1 heterocycles. The van der Waals surface area contributed by atoms with Gasteiger partial charge in [-0.1, -0.05) is 0 Å². The second kappa shape index (κ2) is 6.90. The summed E-state index contributed by atoms with van der Waals surface area (Å²) in [6.45, 7) is 0.860. The van der Waals surface area contributed by atoms with Crippen LogP contribution in [0.4, 0.5) is 0 Å². The molecule has 1 spiro atoms. The van der Waals surface area contributed by atoms with Crippen LogP contribution in [-0.2, 0) is 23.7 Å². The summed E-state index contributed by atoms with van der Waals surface area (Å²) in [4.78, 5) is 14.3. The molecule has 0 radical (unpaired) electrons. The van der Waals surface area contributed by atoms with Gasteiger partial charge in [-0.15, -0.1) is 0 Å². The Kier molecular flexibility index (Phi) is 4.73. The van der Waals surface area contributed by atoms with Crippen LogP contribution in [0, 0.1) is 34.5 Å². The first-order valence-corrected chi connectivity index (χ1v) is 12.2. The number of piperidine rings is 1. The molecular weight excluding hydrogens is 430 g/mol. The van der Waals surface area contributed by atoms with Crippen molar-refractivity contribution in [2.75, 3.05) is 41.6 Å². The highest BCUT2D eigenvalue weighted by molar-refractivity contribution is 5.54. The lowest BCUT2D eigenvalue weighted by Crippen LogP contribution is -2.81. The predicted octanol–water partition coefficient (Wildman–Crippen LogP) is -0.592. The average molecular weight is 468 g/mol. The zero-order valence-corrected chi connectivity index (χ0v) is 19.8. The van der Waals surface area contributed by atoms with Crippen LogP contribution in [0.3, 0.4) is 0 Å². The third-order valence-electron chi connectivity index (χ3n) is 11.2. The van der Waals surface area contributed by atoms with Gasteiger partial charge < -0.3 is 39.2 Å². The molecule has 6 aliphatic rings. The van der Waals surface area contributed by atoms with Gasteiger partial charge in [0.05, 0.1) is 37.1 Å². The van der Waals surface area contributed by atoms with Gasteiger partial charge in [-0.25, -0.2) is 0 Å². The largest absolute Gasteiger partial charge is 0.392 e. The Balaban J connectivity index is 1.68. The van der Waals surface area contributed by atoms with Crippen molar-refractivity contribution >= 4 is 6.41 Å². The van der Waals surface area contributed by atoms with Crippen LogP contribution < -0.4 is 0 Å². The van der Waals surface area contributed by atoms with Crippen LogP contribution in [0.1, 0.15) is 25.7 Å². The van der Waals surface area contributed by atoms with Gasteiger partial charge >= 0.3 is 0 Å². The Hall–Kier alpha value is -0.810. The van der Waals surface area contributed by atoms with Crippen LogP contribution in [0.15, 0.2) is 0 Å². The van der Waals surface area contributed by atoms with Crippen LogP contribution in [0.2, 0.25) is 0 Å². The van der Waals surface area contributed by atoms with Crippen molar-refractivity contribution in [3.05, 3.63) is 0 Å². The number of hydrogen-bond acceptors (Lipinski definition) is 8. The van der Waals surface area contributed by atoms with Crippen molar-refractivity contribution in [2.24, 2.45) is 34.5 Å². The highest BCUT2D eigenvalue weighted by Crippen LogP contribution is 2.80. The Bertz CT molecular complexity index is 843. The quantitative estimate of drug-likeness (QED) is 0.444. The number of hydrogen-bond donors (Lipinski definition) is 3. The number of methoxy groups -OCH3 is 4. The number of carbonyl (C=O) groups is 1. The Morgan fingerprint density at radius 2 is 1.88 bits per heavy atom.